The van der Waals surface area contributed by atoms with E-state index in [1.54, 1.807) is 10.7 Å². The minimum Gasteiger partial charge on any atom is -0.481 e. The first kappa shape index (κ1) is 17.7. The van der Waals surface area contributed by atoms with Crippen molar-refractivity contribution < 1.29 is 19.1 Å². The Hall–Kier alpha value is -2.70. The predicted octanol–water partition coefficient (Wildman–Crippen LogP) is 2.79. The Morgan fingerprint density at radius 2 is 2.11 bits per heavy atom. The van der Waals surface area contributed by atoms with Gasteiger partial charge in [0.25, 0.3) is 5.91 Å². The molecule has 0 radical (unpaired) electrons. The van der Waals surface area contributed by atoms with Gasteiger partial charge < -0.3 is 10.4 Å². The van der Waals surface area contributed by atoms with Crippen molar-refractivity contribution in [2.45, 2.75) is 51.5 Å². The minimum atomic E-state index is -0.813. The van der Waals surface area contributed by atoms with E-state index in [0.29, 0.717) is 30.6 Å². The lowest BCUT2D eigenvalue weighted by atomic mass is 10.1. The van der Waals surface area contributed by atoms with Gasteiger partial charge in [0.2, 0.25) is 0 Å². The van der Waals surface area contributed by atoms with Gasteiger partial charge in [0.15, 0.2) is 5.69 Å². The molecule has 1 saturated carbocycles. The summed E-state index contributed by atoms with van der Waals surface area (Å²) in [6.45, 7) is 1.83. The van der Waals surface area contributed by atoms with Crippen molar-refractivity contribution in [2.75, 3.05) is 0 Å². The zero-order chi connectivity index (χ0) is 19.1. The van der Waals surface area contributed by atoms with E-state index < -0.39 is 11.9 Å². The second-order valence-electron chi connectivity index (χ2n) is 7.46. The Labute approximate surface area is 156 Å². The summed E-state index contributed by atoms with van der Waals surface area (Å²) in [6, 6.07) is 4.72. The van der Waals surface area contributed by atoms with E-state index in [0.717, 1.165) is 36.1 Å². The standard InChI is InChI=1S/C20H22FN3O3/c1-11-4-2-6-15(21)18(11)24-16-7-3-5-14(16)17(23-24)19(25)22-13-9-8-12(10-13)20(26)27/h2,4,6,12-13H,3,5,7-10H2,1H3,(H,22,25)(H,26,27)/t12-,13+/m0/s1. The van der Waals surface area contributed by atoms with Gasteiger partial charge in [-0.25, -0.2) is 9.07 Å². The summed E-state index contributed by atoms with van der Waals surface area (Å²) in [7, 11) is 0. The monoisotopic (exact) mass is 371 g/mol. The third kappa shape index (κ3) is 3.11. The molecule has 0 spiro atoms. The van der Waals surface area contributed by atoms with E-state index in [9.17, 15) is 14.0 Å². The number of fused-ring (bicyclic) bond motifs is 1. The van der Waals surface area contributed by atoms with Crippen LogP contribution in [0.5, 0.6) is 0 Å². The van der Waals surface area contributed by atoms with E-state index in [2.05, 4.69) is 10.4 Å². The van der Waals surface area contributed by atoms with Crippen LogP contribution in [0, 0.1) is 18.7 Å². The number of carbonyl (C=O) groups excluding carboxylic acids is 1. The van der Waals surface area contributed by atoms with Crippen molar-refractivity contribution in [3.63, 3.8) is 0 Å². The molecule has 1 heterocycles. The topological polar surface area (TPSA) is 84.2 Å². The van der Waals surface area contributed by atoms with Gasteiger partial charge in [0.05, 0.1) is 5.92 Å². The van der Waals surface area contributed by atoms with Crippen LogP contribution in [0.2, 0.25) is 0 Å². The van der Waals surface area contributed by atoms with E-state index in [4.69, 9.17) is 5.11 Å². The average Bonchev–Trinajstić information content (AvgIpc) is 3.31. The number of hydrogen-bond acceptors (Lipinski definition) is 3. The molecule has 2 aliphatic carbocycles. The van der Waals surface area contributed by atoms with Crippen LogP contribution in [-0.2, 0) is 17.6 Å². The van der Waals surface area contributed by atoms with Gasteiger partial charge >= 0.3 is 5.97 Å². The number of benzene rings is 1. The number of amides is 1. The fraction of sp³-hybridized carbons (Fsp3) is 0.450. The highest BCUT2D eigenvalue weighted by atomic mass is 19.1. The molecular weight excluding hydrogens is 349 g/mol. The normalized spacial score (nSPS) is 21.3. The SMILES string of the molecule is Cc1cccc(F)c1-n1nc(C(=O)N[C@@H]2CC[C@H](C(=O)O)C2)c2c1CCC2. The van der Waals surface area contributed by atoms with E-state index in [-0.39, 0.29) is 17.8 Å². The second-order valence-corrected chi connectivity index (χ2v) is 7.46. The molecule has 2 atom stereocenters. The van der Waals surface area contributed by atoms with E-state index >= 15 is 0 Å². The maximum absolute atomic E-state index is 14.4. The van der Waals surface area contributed by atoms with Crippen molar-refractivity contribution in [3.8, 4) is 5.69 Å². The van der Waals surface area contributed by atoms with Crippen LogP contribution < -0.4 is 5.32 Å². The number of aryl methyl sites for hydroxylation is 1. The molecule has 1 fully saturated rings. The highest BCUT2D eigenvalue weighted by molar-refractivity contribution is 5.94. The molecule has 0 saturated heterocycles. The maximum atomic E-state index is 14.4. The number of nitrogens with zero attached hydrogens (tertiary/aromatic N) is 2. The lowest BCUT2D eigenvalue weighted by Crippen LogP contribution is -2.34. The first-order valence-electron chi connectivity index (χ1n) is 9.35. The molecule has 6 nitrogen and oxygen atoms in total. The molecule has 1 aromatic carbocycles. The number of carboxylic acid groups (broad SMARTS) is 1. The Bertz CT molecular complexity index is 901. The molecular formula is C20H22FN3O3. The van der Waals surface area contributed by atoms with Gasteiger partial charge in [-0.05, 0) is 57.1 Å². The lowest BCUT2D eigenvalue weighted by Gasteiger charge is -2.12. The van der Waals surface area contributed by atoms with Gasteiger partial charge in [-0.2, -0.15) is 5.10 Å². The maximum Gasteiger partial charge on any atom is 0.306 e. The molecule has 27 heavy (non-hydrogen) atoms. The molecule has 1 amide bonds. The molecule has 7 heteroatoms. The molecule has 4 rings (SSSR count). The molecule has 142 valence electrons. The fourth-order valence-corrected chi connectivity index (χ4v) is 4.29. The summed E-state index contributed by atoms with van der Waals surface area (Å²) in [6.07, 6.45) is 4.07. The molecule has 2 N–H and O–H groups in total. The van der Waals surface area contributed by atoms with E-state index in [1.807, 2.05) is 13.0 Å². The number of para-hydroxylation sites is 1. The number of carbonyl (C=O) groups is 2. The largest absolute Gasteiger partial charge is 0.481 e. The molecule has 2 aromatic rings. The van der Waals surface area contributed by atoms with Crippen LogP contribution >= 0.6 is 0 Å². The third-order valence-corrected chi connectivity index (χ3v) is 5.66. The zero-order valence-electron chi connectivity index (χ0n) is 15.2. The highest BCUT2D eigenvalue weighted by Gasteiger charge is 2.33. The number of aliphatic carboxylic acids is 1. The van der Waals surface area contributed by atoms with Gasteiger partial charge in [0.1, 0.15) is 11.5 Å². The number of halogens is 1. The van der Waals surface area contributed by atoms with Gasteiger partial charge in [0, 0.05) is 17.3 Å². The van der Waals surface area contributed by atoms with Crippen LogP contribution in [0.25, 0.3) is 5.69 Å². The summed E-state index contributed by atoms with van der Waals surface area (Å²) < 4.78 is 16.0. The average molecular weight is 371 g/mol. The first-order chi connectivity index (χ1) is 13.0. The number of aromatic nitrogens is 2. The highest BCUT2D eigenvalue weighted by Crippen LogP contribution is 2.31. The Morgan fingerprint density at radius 1 is 1.30 bits per heavy atom. The first-order valence-corrected chi connectivity index (χ1v) is 9.35. The number of carboxylic acids is 1. The quantitative estimate of drug-likeness (QED) is 0.866. The predicted molar refractivity (Wildman–Crippen MR) is 96.5 cm³/mol. The van der Waals surface area contributed by atoms with Crippen LogP contribution in [0.1, 0.15) is 53.0 Å². The number of nitrogens with one attached hydrogen (secondary N) is 1. The van der Waals surface area contributed by atoms with Crippen LogP contribution in [0.15, 0.2) is 18.2 Å². The lowest BCUT2D eigenvalue weighted by molar-refractivity contribution is -0.141. The third-order valence-electron chi connectivity index (χ3n) is 5.66. The van der Waals surface area contributed by atoms with Crippen molar-refractivity contribution in [1.29, 1.82) is 0 Å². The molecule has 2 aliphatic rings. The number of hydrogen-bond donors (Lipinski definition) is 2. The number of rotatable bonds is 4. The molecule has 0 unspecified atom stereocenters. The minimum absolute atomic E-state index is 0.156. The van der Waals surface area contributed by atoms with Crippen LogP contribution in [-0.4, -0.2) is 32.8 Å². The molecule has 1 aromatic heterocycles. The Balaban J connectivity index is 1.63. The van der Waals surface area contributed by atoms with Gasteiger partial charge in [-0.3, -0.25) is 9.59 Å². The zero-order valence-corrected chi connectivity index (χ0v) is 15.2. The second kappa shape index (κ2) is 6.79. The fourth-order valence-electron chi connectivity index (χ4n) is 4.29. The molecule has 0 bridgehead atoms. The van der Waals surface area contributed by atoms with Crippen molar-refractivity contribution in [3.05, 3.63) is 46.5 Å². The van der Waals surface area contributed by atoms with Gasteiger partial charge in [-0.15, -0.1) is 0 Å². The van der Waals surface area contributed by atoms with Crippen LogP contribution in [0.4, 0.5) is 4.39 Å². The summed E-state index contributed by atoms with van der Waals surface area (Å²) in [5.41, 5.74) is 3.26. The summed E-state index contributed by atoms with van der Waals surface area (Å²) in [5, 5.41) is 16.5. The molecule has 0 aliphatic heterocycles. The smallest absolute Gasteiger partial charge is 0.306 e. The van der Waals surface area contributed by atoms with E-state index in [1.165, 1.54) is 6.07 Å². The Morgan fingerprint density at radius 3 is 2.81 bits per heavy atom. The summed E-state index contributed by atoms with van der Waals surface area (Å²) in [4.78, 5) is 23.9. The van der Waals surface area contributed by atoms with Crippen molar-refractivity contribution in [2.24, 2.45) is 5.92 Å². The Kier molecular flexibility index (Phi) is 4.45. The van der Waals surface area contributed by atoms with Crippen LogP contribution in [0.3, 0.4) is 0 Å². The van der Waals surface area contributed by atoms with Crippen molar-refractivity contribution in [1.82, 2.24) is 15.1 Å². The summed E-state index contributed by atoms with van der Waals surface area (Å²) in [5.74, 6) is -1.87. The van der Waals surface area contributed by atoms with Crippen molar-refractivity contribution >= 4 is 11.9 Å². The van der Waals surface area contributed by atoms with Gasteiger partial charge in [-0.1, -0.05) is 12.1 Å². The summed E-state index contributed by atoms with van der Waals surface area (Å²) >= 11 is 0.